The lowest BCUT2D eigenvalue weighted by Crippen LogP contribution is -2.33. The van der Waals surface area contributed by atoms with Crippen molar-refractivity contribution in [3.8, 4) is 5.75 Å². The Labute approximate surface area is 200 Å². The van der Waals surface area contributed by atoms with Crippen LogP contribution >= 0.6 is 23.2 Å². The predicted molar refractivity (Wildman–Crippen MR) is 128 cm³/mol. The molecule has 0 aliphatic carbocycles. The number of amides is 2. The van der Waals surface area contributed by atoms with Crippen LogP contribution < -0.4 is 15.5 Å². The van der Waals surface area contributed by atoms with Gasteiger partial charge in [-0.25, -0.2) is 10.2 Å². The molecule has 0 saturated carbocycles. The van der Waals surface area contributed by atoms with E-state index in [1.165, 1.54) is 18.2 Å². The third kappa shape index (κ3) is 6.41. The normalized spacial score (nSPS) is 11.0. The first-order chi connectivity index (χ1) is 15.7. The second kappa shape index (κ2) is 10.8. The number of ether oxygens (including phenoxy) is 1. The minimum Gasteiger partial charge on any atom is -0.422 e. The molecule has 0 fully saturated rings. The van der Waals surface area contributed by atoms with E-state index in [9.17, 15) is 14.4 Å². The Kier molecular flexibility index (Phi) is 7.82. The van der Waals surface area contributed by atoms with Crippen molar-refractivity contribution in [2.75, 3.05) is 5.32 Å². The van der Waals surface area contributed by atoms with Gasteiger partial charge in [-0.1, -0.05) is 53.5 Å². The number of hydrazone groups is 1. The van der Waals surface area contributed by atoms with E-state index in [1.807, 2.05) is 19.1 Å². The van der Waals surface area contributed by atoms with Crippen molar-refractivity contribution in [2.45, 2.75) is 13.8 Å². The van der Waals surface area contributed by atoms with E-state index in [0.29, 0.717) is 26.9 Å². The van der Waals surface area contributed by atoms with Crippen LogP contribution in [-0.4, -0.2) is 23.5 Å². The molecule has 0 radical (unpaired) electrons. The molecule has 3 rings (SSSR count). The summed E-state index contributed by atoms with van der Waals surface area (Å²) in [5.74, 6) is -2.21. The maximum Gasteiger partial charge on any atom is 0.343 e. The lowest BCUT2D eigenvalue weighted by atomic mass is 10.1. The summed E-state index contributed by atoms with van der Waals surface area (Å²) in [7, 11) is 0. The molecule has 7 nitrogen and oxygen atoms in total. The molecule has 0 aromatic heterocycles. The molecule has 0 atom stereocenters. The smallest absolute Gasteiger partial charge is 0.343 e. The Morgan fingerprint density at radius 1 is 0.848 bits per heavy atom. The van der Waals surface area contributed by atoms with E-state index in [2.05, 4.69) is 15.8 Å². The van der Waals surface area contributed by atoms with E-state index < -0.39 is 17.8 Å². The van der Waals surface area contributed by atoms with Gasteiger partial charge in [-0.15, -0.1) is 0 Å². The molecule has 0 aliphatic heterocycles. The van der Waals surface area contributed by atoms with E-state index in [0.717, 1.165) is 5.56 Å². The first-order valence-electron chi connectivity index (χ1n) is 9.73. The van der Waals surface area contributed by atoms with E-state index in [1.54, 1.807) is 43.3 Å². The molecule has 0 aliphatic rings. The van der Waals surface area contributed by atoms with Gasteiger partial charge in [0.05, 0.1) is 11.3 Å². The van der Waals surface area contributed by atoms with Crippen molar-refractivity contribution in [3.05, 3.63) is 93.5 Å². The number of benzene rings is 3. The SMILES string of the molecule is CC(=NNC(=O)C(=O)Nc1cc(Cl)cc(Cl)c1)c1ccccc1OC(=O)c1ccccc1C. The molecule has 0 saturated heterocycles. The predicted octanol–water partition coefficient (Wildman–Crippen LogP) is 5.00. The highest BCUT2D eigenvalue weighted by Gasteiger charge is 2.17. The minimum atomic E-state index is -1.00. The summed E-state index contributed by atoms with van der Waals surface area (Å²) < 4.78 is 5.55. The number of carbonyl (C=O) groups is 3. The average molecular weight is 484 g/mol. The number of rotatable bonds is 5. The lowest BCUT2D eigenvalue weighted by molar-refractivity contribution is -0.136. The quantitative estimate of drug-likeness (QED) is 0.175. The number of nitrogens with zero attached hydrogens (tertiary/aromatic N) is 1. The van der Waals surface area contributed by atoms with Crippen molar-refractivity contribution in [1.82, 2.24) is 5.43 Å². The number of esters is 1. The van der Waals surface area contributed by atoms with Crippen LogP contribution in [0, 0.1) is 6.92 Å². The number of para-hydroxylation sites is 1. The van der Waals surface area contributed by atoms with Crippen LogP contribution in [0.5, 0.6) is 5.75 Å². The molecular formula is C24H19Cl2N3O4. The monoisotopic (exact) mass is 483 g/mol. The van der Waals surface area contributed by atoms with Crippen LogP contribution in [0.25, 0.3) is 0 Å². The molecule has 9 heteroatoms. The number of hydrogen-bond donors (Lipinski definition) is 2. The summed E-state index contributed by atoms with van der Waals surface area (Å²) >= 11 is 11.8. The second-order valence-electron chi connectivity index (χ2n) is 6.95. The maximum absolute atomic E-state index is 12.6. The Morgan fingerprint density at radius 2 is 1.45 bits per heavy atom. The number of hydrogen-bond acceptors (Lipinski definition) is 5. The van der Waals surface area contributed by atoms with Crippen molar-refractivity contribution in [2.24, 2.45) is 5.10 Å². The zero-order chi connectivity index (χ0) is 24.0. The fourth-order valence-corrected chi connectivity index (χ4v) is 3.40. The molecule has 2 amide bonds. The van der Waals surface area contributed by atoms with Crippen molar-refractivity contribution < 1.29 is 19.1 Å². The van der Waals surface area contributed by atoms with Gasteiger partial charge in [-0.3, -0.25) is 9.59 Å². The van der Waals surface area contributed by atoms with Gasteiger partial charge in [-0.05, 0) is 55.8 Å². The van der Waals surface area contributed by atoms with Crippen molar-refractivity contribution in [3.63, 3.8) is 0 Å². The lowest BCUT2D eigenvalue weighted by Gasteiger charge is -2.11. The Balaban J connectivity index is 1.70. The first-order valence-corrected chi connectivity index (χ1v) is 10.5. The van der Waals surface area contributed by atoms with Gasteiger partial charge >= 0.3 is 17.8 Å². The maximum atomic E-state index is 12.6. The molecule has 3 aromatic carbocycles. The van der Waals surface area contributed by atoms with E-state index in [4.69, 9.17) is 27.9 Å². The molecule has 3 aromatic rings. The highest BCUT2D eigenvalue weighted by molar-refractivity contribution is 6.40. The third-order valence-corrected chi connectivity index (χ3v) is 4.93. The van der Waals surface area contributed by atoms with Crippen LogP contribution in [0.2, 0.25) is 10.0 Å². The van der Waals surface area contributed by atoms with Crippen LogP contribution in [0.15, 0.2) is 71.8 Å². The summed E-state index contributed by atoms with van der Waals surface area (Å²) in [6.45, 7) is 3.42. The summed E-state index contributed by atoms with van der Waals surface area (Å²) in [6.07, 6.45) is 0. The minimum absolute atomic E-state index is 0.263. The molecule has 168 valence electrons. The molecule has 0 unspecified atom stereocenters. The standard InChI is InChI=1S/C24H19Cl2N3O4/c1-14-7-3-4-8-19(14)24(32)33-21-10-6-5-9-20(21)15(2)28-29-23(31)22(30)27-18-12-16(25)11-17(26)13-18/h3-13H,1-2H3,(H,27,30)(H,29,31). The second-order valence-corrected chi connectivity index (χ2v) is 7.82. The summed E-state index contributed by atoms with van der Waals surface area (Å²) in [6, 6.07) is 18.2. The van der Waals surface area contributed by atoms with Crippen molar-refractivity contribution >= 4 is 52.4 Å². The number of aryl methyl sites for hydroxylation is 1. The first kappa shape index (κ1) is 24.0. The van der Waals surface area contributed by atoms with Crippen LogP contribution in [0.4, 0.5) is 5.69 Å². The topological polar surface area (TPSA) is 96.9 Å². The molecule has 0 bridgehead atoms. The van der Waals surface area contributed by atoms with Crippen molar-refractivity contribution in [1.29, 1.82) is 0 Å². The van der Waals surface area contributed by atoms with Gasteiger partial charge < -0.3 is 10.1 Å². The highest BCUT2D eigenvalue weighted by atomic mass is 35.5. The third-order valence-electron chi connectivity index (χ3n) is 4.50. The highest BCUT2D eigenvalue weighted by Crippen LogP contribution is 2.23. The molecule has 0 heterocycles. The van der Waals surface area contributed by atoms with E-state index >= 15 is 0 Å². The molecule has 2 N–H and O–H groups in total. The Morgan fingerprint density at radius 3 is 2.12 bits per heavy atom. The molecule has 0 spiro atoms. The van der Waals surface area contributed by atoms with E-state index in [-0.39, 0.29) is 11.4 Å². The molecule has 33 heavy (non-hydrogen) atoms. The number of halogens is 2. The van der Waals surface area contributed by atoms with Gasteiger partial charge in [-0.2, -0.15) is 5.10 Å². The van der Waals surface area contributed by atoms with Gasteiger partial charge in [0, 0.05) is 21.3 Å². The Hall–Kier alpha value is -3.68. The number of carbonyl (C=O) groups excluding carboxylic acids is 3. The van der Waals surface area contributed by atoms with Gasteiger partial charge in [0.1, 0.15) is 5.75 Å². The zero-order valence-electron chi connectivity index (χ0n) is 17.7. The van der Waals surface area contributed by atoms with Gasteiger partial charge in [0.2, 0.25) is 0 Å². The molecular weight excluding hydrogens is 465 g/mol. The summed E-state index contributed by atoms with van der Waals surface area (Å²) in [5.41, 5.74) is 4.47. The summed E-state index contributed by atoms with van der Waals surface area (Å²) in [5, 5.41) is 6.97. The fourth-order valence-electron chi connectivity index (χ4n) is 2.87. The Bertz CT molecular complexity index is 1240. The average Bonchev–Trinajstić information content (AvgIpc) is 2.77. The van der Waals surface area contributed by atoms with Crippen LogP contribution in [0.3, 0.4) is 0 Å². The van der Waals surface area contributed by atoms with Crippen LogP contribution in [0.1, 0.15) is 28.4 Å². The zero-order valence-corrected chi connectivity index (χ0v) is 19.2. The van der Waals surface area contributed by atoms with Gasteiger partial charge in [0.25, 0.3) is 0 Å². The largest absolute Gasteiger partial charge is 0.422 e. The number of anilines is 1. The van der Waals surface area contributed by atoms with Gasteiger partial charge in [0.15, 0.2) is 0 Å². The van der Waals surface area contributed by atoms with Crippen LogP contribution in [-0.2, 0) is 9.59 Å². The number of nitrogens with one attached hydrogen (secondary N) is 2. The summed E-state index contributed by atoms with van der Waals surface area (Å²) in [4.78, 5) is 36.9. The fraction of sp³-hybridized carbons (Fsp3) is 0.0833.